The number of carbonyl (C=O) groups is 1. The Hall–Kier alpha value is -3.02. The molecule has 4 rings (SSSR count). The second kappa shape index (κ2) is 11.4. The van der Waals surface area contributed by atoms with Gasteiger partial charge in [0.25, 0.3) is 0 Å². The van der Waals surface area contributed by atoms with E-state index in [1.165, 1.54) is 0 Å². The molecule has 12 heteroatoms. The van der Waals surface area contributed by atoms with Gasteiger partial charge in [-0.05, 0) is 53.4 Å². The van der Waals surface area contributed by atoms with Gasteiger partial charge in [0.2, 0.25) is 11.7 Å². The molecule has 1 saturated carbocycles. The van der Waals surface area contributed by atoms with E-state index >= 15 is 0 Å². The fraction of sp³-hybridized carbons (Fsp3) is 0.654. The summed E-state index contributed by atoms with van der Waals surface area (Å²) in [5.41, 5.74) is 0.887. The lowest BCUT2D eigenvalue weighted by Crippen LogP contribution is -2.54. The Morgan fingerprint density at radius 2 is 1.74 bits per heavy atom. The molecule has 0 spiro atoms. The molecule has 1 amide bonds. The number of nitrogens with one attached hydrogen (secondary N) is 1. The van der Waals surface area contributed by atoms with Crippen LogP contribution in [0.25, 0.3) is 0 Å². The van der Waals surface area contributed by atoms with E-state index in [4.69, 9.17) is 14.5 Å². The highest BCUT2D eigenvalue weighted by molar-refractivity contribution is 6.03. The zero-order chi connectivity index (χ0) is 26.4. The van der Waals surface area contributed by atoms with Crippen LogP contribution < -0.4 is 15.0 Å². The number of amides is 1. The minimum atomic E-state index is -4.58. The fourth-order valence-electron chi connectivity index (χ4n) is 4.67. The van der Waals surface area contributed by atoms with Gasteiger partial charge in [-0.25, -0.2) is 19.9 Å². The lowest BCUT2D eigenvalue weighted by molar-refractivity contribution is -0.145. The summed E-state index contributed by atoms with van der Waals surface area (Å²) in [5.74, 6) is 0.447. The molecule has 9 nitrogen and oxygen atoms in total. The zero-order valence-corrected chi connectivity index (χ0v) is 21.2. The number of aromatic nitrogens is 4. The summed E-state index contributed by atoms with van der Waals surface area (Å²) in [5, 5.41) is 2.94. The van der Waals surface area contributed by atoms with E-state index in [9.17, 15) is 18.0 Å². The van der Waals surface area contributed by atoms with Crippen molar-refractivity contribution in [1.29, 1.82) is 0 Å². The molecule has 0 aromatic carbocycles. The minimum absolute atomic E-state index is 0. The standard InChI is InChI=1S/C24H31F3N6O3.2CH4/c1-12-18-20(33(6)19(21(34)32-18)13(2)36-23(3,4)5)31-17(30-12)9-14-7-15(8-14)35-16-10-28-22(29-11-16)24(25,26)27;;/h10-11,13-15,19H,7-9H2,1-6H3,(H,32,34);2*1H4/t13-,14?,15?,19+;;/m1../s1. The zero-order valence-electron chi connectivity index (χ0n) is 21.2. The summed E-state index contributed by atoms with van der Waals surface area (Å²) in [6, 6.07) is -0.536. The summed E-state index contributed by atoms with van der Waals surface area (Å²) in [4.78, 5) is 30.7. The third-order valence-corrected chi connectivity index (χ3v) is 6.22. The first-order valence-electron chi connectivity index (χ1n) is 11.9. The number of rotatable bonds is 6. The smallest absolute Gasteiger partial charge is 0.451 e. The average molecular weight is 541 g/mol. The Kier molecular flexibility index (Phi) is 9.35. The van der Waals surface area contributed by atoms with E-state index in [-0.39, 0.29) is 44.6 Å². The van der Waals surface area contributed by atoms with Gasteiger partial charge in [0.05, 0.1) is 35.9 Å². The number of ether oxygens (including phenoxy) is 2. The van der Waals surface area contributed by atoms with Crippen LogP contribution in [0.4, 0.5) is 24.7 Å². The molecule has 2 aromatic rings. The van der Waals surface area contributed by atoms with Gasteiger partial charge in [-0.3, -0.25) is 4.79 Å². The lowest BCUT2D eigenvalue weighted by Gasteiger charge is -2.40. The normalized spacial score (nSPS) is 21.8. The van der Waals surface area contributed by atoms with Crippen LogP contribution >= 0.6 is 0 Å². The largest absolute Gasteiger partial charge is 0.487 e. The highest BCUT2D eigenvalue weighted by Crippen LogP contribution is 2.37. The molecular formula is C26H39F3N6O3. The number of aryl methyl sites for hydroxylation is 1. The first-order valence-corrected chi connectivity index (χ1v) is 11.9. The molecular weight excluding hydrogens is 501 g/mol. The van der Waals surface area contributed by atoms with Crippen molar-refractivity contribution < 1.29 is 27.4 Å². The first kappa shape index (κ1) is 31.2. The topological polar surface area (TPSA) is 102 Å². The second-order valence-corrected chi connectivity index (χ2v) is 10.4. The van der Waals surface area contributed by atoms with Gasteiger partial charge in [0.1, 0.15) is 17.6 Å². The Morgan fingerprint density at radius 1 is 1.13 bits per heavy atom. The van der Waals surface area contributed by atoms with E-state index in [0.717, 1.165) is 12.4 Å². The van der Waals surface area contributed by atoms with Crippen molar-refractivity contribution in [3.05, 3.63) is 29.7 Å². The van der Waals surface area contributed by atoms with E-state index in [1.54, 1.807) is 0 Å². The molecule has 2 aromatic heterocycles. The number of nitrogens with zero attached hydrogens (tertiary/aromatic N) is 5. The number of carbonyl (C=O) groups excluding carboxylic acids is 1. The molecule has 0 bridgehead atoms. The number of anilines is 2. The molecule has 1 N–H and O–H groups in total. The fourth-order valence-corrected chi connectivity index (χ4v) is 4.67. The summed E-state index contributed by atoms with van der Waals surface area (Å²) in [6.07, 6.45) is -0.928. The van der Waals surface area contributed by atoms with E-state index in [0.29, 0.717) is 42.3 Å². The van der Waals surface area contributed by atoms with Gasteiger partial charge < -0.3 is 19.7 Å². The monoisotopic (exact) mass is 540 g/mol. The number of likely N-dealkylation sites (N-methyl/N-ethyl adjacent to an activating group) is 1. The highest BCUT2D eigenvalue weighted by Gasteiger charge is 2.40. The van der Waals surface area contributed by atoms with Crippen molar-refractivity contribution in [1.82, 2.24) is 19.9 Å². The number of hydrogen-bond donors (Lipinski definition) is 1. The maximum absolute atomic E-state index is 12.9. The summed E-state index contributed by atoms with van der Waals surface area (Å²) in [6.45, 7) is 9.56. The Bertz CT molecular complexity index is 1110. The molecule has 0 radical (unpaired) electrons. The van der Waals surface area contributed by atoms with Crippen LogP contribution in [0, 0.1) is 12.8 Å². The van der Waals surface area contributed by atoms with E-state index in [1.807, 2.05) is 46.6 Å². The molecule has 1 aliphatic carbocycles. The van der Waals surface area contributed by atoms with Gasteiger partial charge >= 0.3 is 6.18 Å². The summed E-state index contributed by atoms with van der Waals surface area (Å²) in [7, 11) is 1.83. The third kappa shape index (κ3) is 6.89. The van der Waals surface area contributed by atoms with Gasteiger partial charge in [-0.2, -0.15) is 13.2 Å². The number of alkyl halides is 3. The molecule has 0 saturated heterocycles. The Labute approximate surface area is 222 Å². The van der Waals surface area contributed by atoms with Crippen LogP contribution in [0.15, 0.2) is 12.4 Å². The van der Waals surface area contributed by atoms with Crippen molar-refractivity contribution >= 4 is 17.4 Å². The summed E-state index contributed by atoms with van der Waals surface area (Å²) >= 11 is 0. The van der Waals surface area contributed by atoms with Crippen LogP contribution in [0.2, 0.25) is 0 Å². The van der Waals surface area contributed by atoms with Crippen molar-refractivity contribution in [2.75, 3.05) is 17.3 Å². The molecule has 212 valence electrons. The summed E-state index contributed by atoms with van der Waals surface area (Å²) < 4.78 is 49.6. The van der Waals surface area contributed by atoms with Crippen LogP contribution in [0.5, 0.6) is 5.75 Å². The maximum Gasteiger partial charge on any atom is 0.451 e. The van der Waals surface area contributed by atoms with Crippen molar-refractivity contribution in [3.8, 4) is 5.75 Å². The molecule has 38 heavy (non-hydrogen) atoms. The quantitative estimate of drug-likeness (QED) is 0.532. The van der Waals surface area contributed by atoms with Gasteiger partial charge in [0, 0.05) is 13.5 Å². The number of halogens is 3. The molecule has 1 aliphatic heterocycles. The van der Waals surface area contributed by atoms with E-state index in [2.05, 4.69) is 20.3 Å². The van der Waals surface area contributed by atoms with Crippen LogP contribution in [0.1, 0.15) is 72.7 Å². The molecule has 0 unspecified atom stereocenters. The van der Waals surface area contributed by atoms with Crippen LogP contribution in [-0.2, 0) is 22.1 Å². The minimum Gasteiger partial charge on any atom is -0.487 e. The van der Waals surface area contributed by atoms with Crippen LogP contribution in [-0.4, -0.2) is 56.7 Å². The molecule has 2 aliphatic rings. The second-order valence-electron chi connectivity index (χ2n) is 10.4. The van der Waals surface area contributed by atoms with Gasteiger partial charge in [-0.15, -0.1) is 0 Å². The van der Waals surface area contributed by atoms with Crippen molar-refractivity contribution in [2.45, 2.75) is 98.8 Å². The van der Waals surface area contributed by atoms with Crippen LogP contribution in [0.3, 0.4) is 0 Å². The molecule has 2 atom stereocenters. The van der Waals surface area contributed by atoms with Gasteiger partial charge in [-0.1, -0.05) is 14.9 Å². The average Bonchev–Trinajstić information content (AvgIpc) is 2.71. The third-order valence-electron chi connectivity index (χ3n) is 6.22. The Balaban J connectivity index is 0.00000253. The first-order chi connectivity index (χ1) is 16.7. The SMILES string of the molecule is C.C.Cc1nc(CC2CC(Oc3cnc(C(F)(F)F)nc3)C2)nc2c1NC(=O)[C@H]([C@@H](C)OC(C)(C)C)N2C. The predicted molar refractivity (Wildman–Crippen MR) is 139 cm³/mol. The maximum atomic E-state index is 12.9. The number of fused-ring (bicyclic) bond motifs is 1. The predicted octanol–water partition coefficient (Wildman–Crippen LogP) is 5.23. The highest BCUT2D eigenvalue weighted by atomic mass is 19.4. The molecule has 3 heterocycles. The number of hydrogen-bond acceptors (Lipinski definition) is 8. The van der Waals surface area contributed by atoms with Crippen molar-refractivity contribution in [2.24, 2.45) is 5.92 Å². The van der Waals surface area contributed by atoms with Gasteiger partial charge in [0.15, 0.2) is 11.6 Å². The van der Waals surface area contributed by atoms with Crippen molar-refractivity contribution in [3.63, 3.8) is 0 Å². The Morgan fingerprint density at radius 3 is 2.29 bits per heavy atom. The van der Waals surface area contributed by atoms with E-state index < -0.39 is 23.6 Å². The molecule has 1 fully saturated rings. The lowest BCUT2D eigenvalue weighted by atomic mass is 9.80.